The summed E-state index contributed by atoms with van der Waals surface area (Å²) >= 11 is 3.39. The van der Waals surface area contributed by atoms with Crippen LogP contribution in [0, 0.1) is 0 Å². The van der Waals surface area contributed by atoms with Gasteiger partial charge in [0.05, 0.1) is 6.04 Å². The van der Waals surface area contributed by atoms with Crippen molar-refractivity contribution in [3.8, 4) is 0 Å². The highest BCUT2D eigenvalue weighted by Gasteiger charge is 2.35. The second-order valence-corrected chi connectivity index (χ2v) is 5.10. The van der Waals surface area contributed by atoms with Gasteiger partial charge in [0.25, 0.3) is 0 Å². The zero-order chi connectivity index (χ0) is 12.6. The van der Waals surface area contributed by atoms with Crippen molar-refractivity contribution >= 4 is 27.6 Å². The van der Waals surface area contributed by atoms with E-state index in [-0.39, 0.29) is 6.04 Å². The largest absolute Gasteiger partial charge is 0.455 e. The normalized spacial score (nSPS) is 26.9. The summed E-state index contributed by atoms with van der Waals surface area (Å²) in [6.07, 6.45) is -1.35. The van der Waals surface area contributed by atoms with Crippen LogP contribution in [-0.2, 0) is 9.53 Å². The first-order valence-electron chi connectivity index (χ1n) is 5.40. The summed E-state index contributed by atoms with van der Waals surface area (Å²) in [5.41, 5.74) is 1.68. The van der Waals surface area contributed by atoms with Crippen LogP contribution in [-0.4, -0.2) is 23.2 Å². The van der Waals surface area contributed by atoms with Crippen LogP contribution >= 0.6 is 15.9 Å². The topological polar surface area (TPSA) is 58.6 Å². The summed E-state index contributed by atoms with van der Waals surface area (Å²) in [5, 5.41) is 13.2. The smallest absolute Gasteiger partial charge is 0.303 e. The van der Waals surface area contributed by atoms with Crippen LogP contribution in [0.3, 0.4) is 0 Å². The molecular weight excluding hydrogens is 286 g/mol. The lowest BCUT2D eigenvalue weighted by Gasteiger charge is -2.35. The summed E-state index contributed by atoms with van der Waals surface area (Å²) in [6, 6.07) is 5.45. The number of anilines is 1. The predicted octanol–water partition coefficient (Wildman–Crippen LogP) is 2.23. The molecule has 0 fully saturated rings. The Morgan fingerprint density at radius 2 is 2.24 bits per heavy atom. The zero-order valence-corrected chi connectivity index (χ0v) is 11.2. The molecule has 2 rings (SSSR count). The van der Waals surface area contributed by atoms with Gasteiger partial charge in [-0.15, -0.1) is 0 Å². The minimum atomic E-state index is -0.743. The maximum Gasteiger partial charge on any atom is 0.303 e. The number of carbonyl (C=O) groups is 1. The minimum Gasteiger partial charge on any atom is -0.455 e. The standard InChI is InChI=1S/C12H14BrNO3/c1-6-11(16)12(17-7(2)15)9-4-3-8(13)5-10(9)14-6/h3-6,11-12,14,16H,1-2H3/t6-,11-,12-/m1/s1. The molecular formula is C12H14BrNO3. The first-order chi connectivity index (χ1) is 7.99. The molecule has 0 aromatic heterocycles. The molecule has 1 aromatic rings. The Balaban J connectivity index is 2.41. The predicted molar refractivity (Wildman–Crippen MR) is 67.7 cm³/mol. The van der Waals surface area contributed by atoms with E-state index < -0.39 is 18.2 Å². The van der Waals surface area contributed by atoms with Gasteiger partial charge in [-0.3, -0.25) is 4.79 Å². The van der Waals surface area contributed by atoms with Crippen molar-refractivity contribution in [3.63, 3.8) is 0 Å². The van der Waals surface area contributed by atoms with Crippen molar-refractivity contribution in [3.05, 3.63) is 28.2 Å². The van der Waals surface area contributed by atoms with E-state index in [9.17, 15) is 9.90 Å². The number of aliphatic hydroxyl groups is 1. The van der Waals surface area contributed by atoms with Gasteiger partial charge < -0.3 is 15.2 Å². The monoisotopic (exact) mass is 299 g/mol. The number of aliphatic hydroxyl groups excluding tert-OH is 1. The molecule has 1 heterocycles. The number of nitrogens with one attached hydrogen (secondary N) is 1. The average molecular weight is 300 g/mol. The van der Waals surface area contributed by atoms with Crippen molar-refractivity contribution in [1.29, 1.82) is 0 Å². The number of hydrogen-bond donors (Lipinski definition) is 2. The van der Waals surface area contributed by atoms with Gasteiger partial charge in [0.2, 0.25) is 0 Å². The van der Waals surface area contributed by atoms with Crippen LogP contribution in [0.5, 0.6) is 0 Å². The maximum absolute atomic E-state index is 11.1. The third-order valence-electron chi connectivity index (χ3n) is 2.82. The van der Waals surface area contributed by atoms with Gasteiger partial charge in [0, 0.05) is 22.6 Å². The maximum atomic E-state index is 11.1. The number of benzene rings is 1. The van der Waals surface area contributed by atoms with Crippen LogP contribution in [0.1, 0.15) is 25.5 Å². The van der Waals surface area contributed by atoms with Gasteiger partial charge in [0.15, 0.2) is 6.10 Å². The minimum absolute atomic E-state index is 0.166. The van der Waals surface area contributed by atoms with E-state index in [0.29, 0.717) is 0 Å². The summed E-state index contributed by atoms with van der Waals surface area (Å²) in [6.45, 7) is 3.20. The molecule has 3 atom stereocenters. The van der Waals surface area contributed by atoms with Gasteiger partial charge in [-0.2, -0.15) is 0 Å². The summed E-state index contributed by atoms with van der Waals surface area (Å²) in [7, 11) is 0. The fraction of sp³-hybridized carbons (Fsp3) is 0.417. The highest BCUT2D eigenvalue weighted by atomic mass is 79.9. The Kier molecular flexibility index (Phi) is 3.40. The van der Waals surface area contributed by atoms with Crippen molar-refractivity contribution in [1.82, 2.24) is 0 Å². The van der Waals surface area contributed by atoms with E-state index >= 15 is 0 Å². The molecule has 17 heavy (non-hydrogen) atoms. The molecule has 0 bridgehead atoms. The molecule has 0 radical (unpaired) electrons. The van der Waals surface area contributed by atoms with Gasteiger partial charge in [-0.05, 0) is 19.1 Å². The Morgan fingerprint density at radius 1 is 1.53 bits per heavy atom. The second kappa shape index (κ2) is 4.66. The molecule has 0 aliphatic carbocycles. The molecule has 5 heteroatoms. The molecule has 0 saturated carbocycles. The number of carbonyl (C=O) groups excluding carboxylic acids is 1. The molecule has 1 aliphatic heterocycles. The summed E-state index contributed by atoms with van der Waals surface area (Å²) in [5.74, 6) is -0.392. The number of halogens is 1. The van der Waals surface area contributed by atoms with Crippen LogP contribution in [0.4, 0.5) is 5.69 Å². The fourth-order valence-electron chi connectivity index (χ4n) is 1.99. The Morgan fingerprint density at radius 3 is 2.88 bits per heavy atom. The third-order valence-corrected chi connectivity index (χ3v) is 3.31. The van der Waals surface area contributed by atoms with Crippen LogP contribution in [0.15, 0.2) is 22.7 Å². The molecule has 4 nitrogen and oxygen atoms in total. The number of rotatable bonds is 1. The van der Waals surface area contributed by atoms with E-state index in [1.54, 1.807) is 0 Å². The van der Waals surface area contributed by atoms with Crippen molar-refractivity contribution < 1.29 is 14.6 Å². The summed E-state index contributed by atoms with van der Waals surface area (Å²) < 4.78 is 6.13. The Labute approximate surface area is 108 Å². The van der Waals surface area contributed by atoms with E-state index in [0.717, 1.165) is 15.7 Å². The highest BCUT2D eigenvalue weighted by Crippen LogP contribution is 2.36. The SMILES string of the molecule is CC(=O)O[C@@H]1c2ccc(Br)cc2N[C@H](C)[C@H]1O. The van der Waals surface area contributed by atoms with Crippen LogP contribution in [0.25, 0.3) is 0 Å². The number of fused-ring (bicyclic) bond motifs is 1. The Bertz CT molecular complexity index is 449. The number of ether oxygens (including phenoxy) is 1. The van der Waals surface area contributed by atoms with E-state index in [1.807, 2.05) is 25.1 Å². The average Bonchev–Trinajstić information content (AvgIpc) is 2.24. The van der Waals surface area contributed by atoms with Crippen molar-refractivity contribution in [2.45, 2.75) is 32.1 Å². The van der Waals surface area contributed by atoms with Crippen LogP contribution in [0.2, 0.25) is 0 Å². The third kappa shape index (κ3) is 2.45. The first-order valence-corrected chi connectivity index (χ1v) is 6.19. The van der Waals surface area contributed by atoms with Gasteiger partial charge in [0.1, 0.15) is 6.10 Å². The quantitative estimate of drug-likeness (QED) is 0.781. The molecule has 0 unspecified atom stereocenters. The molecule has 0 saturated heterocycles. The molecule has 1 aromatic carbocycles. The number of hydrogen-bond acceptors (Lipinski definition) is 4. The van der Waals surface area contributed by atoms with Crippen molar-refractivity contribution in [2.75, 3.05) is 5.32 Å². The first kappa shape index (κ1) is 12.4. The lowest BCUT2D eigenvalue weighted by Crippen LogP contribution is -2.41. The summed E-state index contributed by atoms with van der Waals surface area (Å²) in [4.78, 5) is 11.1. The van der Waals surface area contributed by atoms with Crippen LogP contribution < -0.4 is 5.32 Å². The second-order valence-electron chi connectivity index (χ2n) is 4.19. The van der Waals surface area contributed by atoms with E-state index in [2.05, 4.69) is 21.2 Å². The molecule has 92 valence electrons. The van der Waals surface area contributed by atoms with Gasteiger partial charge >= 0.3 is 5.97 Å². The highest BCUT2D eigenvalue weighted by molar-refractivity contribution is 9.10. The van der Waals surface area contributed by atoms with E-state index in [4.69, 9.17) is 4.74 Å². The fourth-order valence-corrected chi connectivity index (χ4v) is 2.35. The molecule has 1 aliphatic rings. The van der Waals surface area contributed by atoms with E-state index in [1.165, 1.54) is 6.92 Å². The Hall–Kier alpha value is -1.07. The number of esters is 1. The lowest BCUT2D eigenvalue weighted by molar-refractivity contribution is -0.153. The van der Waals surface area contributed by atoms with Gasteiger partial charge in [-0.1, -0.05) is 22.0 Å². The molecule has 0 amide bonds. The molecule has 0 spiro atoms. The van der Waals surface area contributed by atoms with Crippen molar-refractivity contribution in [2.24, 2.45) is 0 Å². The zero-order valence-electron chi connectivity index (χ0n) is 9.61. The molecule has 2 N–H and O–H groups in total. The lowest BCUT2D eigenvalue weighted by atomic mass is 9.93. The van der Waals surface area contributed by atoms with Gasteiger partial charge in [-0.25, -0.2) is 0 Å².